The summed E-state index contributed by atoms with van der Waals surface area (Å²) in [6.07, 6.45) is -1.07. The molecule has 0 spiro atoms. The van der Waals surface area contributed by atoms with Gasteiger partial charge in [-0.2, -0.15) is 4.31 Å². The number of morpholine rings is 1. The Balaban J connectivity index is 1.18. The molecule has 212 valence electrons. The molecule has 40 heavy (non-hydrogen) atoms. The minimum Gasteiger partial charge on any atom is -0.492 e. The quantitative estimate of drug-likeness (QED) is 0.376. The van der Waals surface area contributed by atoms with Crippen LogP contribution in [0.15, 0.2) is 88.7 Å². The third-order valence-electron chi connectivity index (χ3n) is 6.46. The van der Waals surface area contributed by atoms with Crippen molar-refractivity contribution in [1.82, 2.24) is 9.62 Å². The number of fused-ring (bicyclic) bond motifs is 1. The number of carbonyl (C=O) groups excluding carboxylic acids is 1. The van der Waals surface area contributed by atoms with Crippen LogP contribution >= 0.6 is 0 Å². The zero-order valence-electron chi connectivity index (χ0n) is 21.5. The van der Waals surface area contributed by atoms with Gasteiger partial charge in [0.1, 0.15) is 18.1 Å². The van der Waals surface area contributed by atoms with Crippen molar-refractivity contribution >= 4 is 31.6 Å². The predicted molar refractivity (Wildman–Crippen MR) is 146 cm³/mol. The number of ether oxygens (including phenoxy) is 3. The van der Waals surface area contributed by atoms with E-state index in [1.807, 2.05) is 0 Å². The van der Waals surface area contributed by atoms with E-state index in [-0.39, 0.29) is 35.2 Å². The summed E-state index contributed by atoms with van der Waals surface area (Å²) in [6, 6.07) is 20.8. The molecule has 2 aliphatic rings. The first kappa shape index (κ1) is 27.9. The molecule has 0 unspecified atom stereocenters. The first-order valence-corrected chi connectivity index (χ1v) is 15.6. The van der Waals surface area contributed by atoms with Crippen LogP contribution in [0, 0.1) is 0 Å². The lowest BCUT2D eigenvalue weighted by Crippen LogP contribution is -2.51. The van der Waals surface area contributed by atoms with Crippen molar-refractivity contribution < 1.29 is 35.8 Å². The third-order valence-corrected chi connectivity index (χ3v) is 10.2. The minimum absolute atomic E-state index is 0.108. The van der Waals surface area contributed by atoms with Crippen molar-refractivity contribution in [2.75, 3.05) is 50.3 Å². The second-order valence-corrected chi connectivity index (χ2v) is 12.9. The standard InChI is InChI=1S/C27H29N3O8S2/c31-27(28-14-17-37-21-10-12-23(13-11-21)39(32,33)29-15-18-36-19-16-29)26-20-30(24-8-4-5-9-25(24)38-26)40(34,35)22-6-2-1-3-7-22/h1-13,26H,14-20H2,(H,28,31)/t26-/m0/s1. The topological polar surface area (TPSA) is 132 Å². The normalized spacial score (nSPS) is 17.9. The van der Waals surface area contributed by atoms with Crippen molar-refractivity contribution in [2.45, 2.75) is 15.9 Å². The SMILES string of the molecule is O=C(NCCOc1ccc(S(=O)(=O)N2CCOCC2)cc1)[C@@H]1CN(S(=O)(=O)c2ccccc2)c2ccccc2O1. The summed E-state index contributed by atoms with van der Waals surface area (Å²) in [5, 5.41) is 2.72. The lowest BCUT2D eigenvalue weighted by Gasteiger charge is -2.34. The Hall–Kier alpha value is -3.65. The Morgan fingerprint density at radius 1 is 0.850 bits per heavy atom. The molecule has 13 heteroatoms. The summed E-state index contributed by atoms with van der Waals surface area (Å²) in [4.78, 5) is 13.2. The van der Waals surface area contributed by atoms with Gasteiger partial charge in [-0.3, -0.25) is 9.10 Å². The van der Waals surface area contributed by atoms with Crippen LogP contribution in [0.25, 0.3) is 0 Å². The van der Waals surface area contributed by atoms with Crippen LogP contribution in [0.3, 0.4) is 0 Å². The molecule has 2 aliphatic heterocycles. The maximum atomic E-state index is 13.4. The van der Waals surface area contributed by atoms with Gasteiger partial charge in [0, 0.05) is 13.1 Å². The van der Waals surface area contributed by atoms with Crippen LogP contribution in [-0.2, 0) is 29.6 Å². The first-order chi connectivity index (χ1) is 19.3. The van der Waals surface area contributed by atoms with Gasteiger partial charge in [0.05, 0.1) is 41.8 Å². The lowest BCUT2D eigenvalue weighted by atomic mass is 10.2. The van der Waals surface area contributed by atoms with E-state index in [2.05, 4.69) is 5.32 Å². The fraction of sp³-hybridized carbons (Fsp3) is 0.296. The van der Waals surface area contributed by atoms with E-state index in [0.717, 1.165) is 0 Å². The second kappa shape index (κ2) is 11.8. The number of amides is 1. The lowest BCUT2D eigenvalue weighted by molar-refractivity contribution is -0.127. The number of hydrogen-bond donors (Lipinski definition) is 1. The molecule has 1 atom stereocenters. The average Bonchev–Trinajstić information content (AvgIpc) is 2.99. The second-order valence-electron chi connectivity index (χ2n) is 9.05. The molecular weight excluding hydrogens is 558 g/mol. The maximum absolute atomic E-state index is 13.4. The summed E-state index contributed by atoms with van der Waals surface area (Å²) < 4.78 is 71.6. The van der Waals surface area contributed by atoms with Gasteiger partial charge < -0.3 is 19.5 Å². The van der Waals surface area contributed by atoms with E-state index in [1.165, 1.54) is 32.9 Å². The Bertz CT molecular complexity index is 1540. The van der Waals surface area contributed by atoms with Crippen LogP contribution in [0.1, 0.15) is 0 Å². The summed E-state index contributed by atoms with van der Waals surface area (Å²) >= 11 is 0. The molecule has 0 radical (unpaired) electrons. The molecule has 11 nitrogen and oxygen atoms in total. The largest absolute Gasteiger partial charge is 0.492 e. The Labute approximate surface area is 233 Å². The number of benzene rings is 3. The number of nitrogens with zero attached hydrogens (tertiary/aromatic N) is 2. The highest BCUT2D eigenvalue weighted by Gasteiger charge is 2.37. The van der Waals surface area contributed by atoms with Crippen molar-refractivity contribution in [2.24, 2.45) is 0 Å². The highest BCUT2D eigenvalue weighted by Crippen LogP contribution is 2.36. The van der Waals surface area contributed by atoms with Crippen molar-refractivity contribution in [1.29, 1.82) is 0 Å². The number of nitrogens with one attached hydrogen (secondary N) is 1. The fourth-order valence-electron chi connectivity index (χ4n) is 4.39. The molecule has 0 aliphatic carbocycles. The first-order valence-electron chi connectivity index (χ1n) is 12.7. The highest BCUT2D eigenvalue weighted by atomic mass is 32.2. The van der Waals surface area contributed by atoms with Gasteiger partial charge in [-0.25, -0.2) is 16.8 Å². The summed E-state index contributed by atoms with van der Waals surface area (Å²) in [6.45, 7) is 1.39. The van der Waals surface area contributed by atoms with Gasteiger partial charge >= 0.3 is 0 Å². The Morgan fingerprint density at radius 3 is 2.23 bits per heavy atom. The van der Waals surface area contributed by atoms with Gasteiger partial charge in [-0.05, 0) is 48.5 Å². The molecule has 1 amide bonds. The van der Waals surface area contributed by atoms with Crippen molar-refractivity contribution in [3.63, 3.8) is 0 Å². The fourth-order valence-corrected chi connectivity index (χ4v) is 7.29. The van der Waals surface area contributed by atoms with Gasteiger partial charge in [-0.1, -0.05) is 30.3 Å². The number of rotatable bonds is 9. The van der Waals surface area contributed by atoms with Crippen LogP contribution in [-0.4, -0.2) is 79.2 Å². The number of hydrogen-bond acceptors (Lipinski definition) is 8. The molecule has 0 saturated carbocycles. The maximum Gasteiger partial charge on any atom is 0.264 e. The van der Waals surface area contributed by atoms with E-state index in [0.29, 0.717) is 37.7 Å². The van der Waals surface area contributed by atoms with Crippen LogP contribution in [0.4, 0.5) is 5.69 Å². The minimum atomic E-state index is -3.93. The van der Waals surface area contributed by atoms with Gasteiger partial charge in [0.15, 0.2) is 6.10 Å². The zero-order valence-corrected chi connectivity index (χ0v) is 23.1. The number of carbonyl (C=O) groups is 1. The van der Waals surface area contributed by atoms with Crippen LogP contribution < -0.4 is 19.1 Å². The predicted octanol–water partition coefficient (Wildman–Crippen LogP) is 1.86. The van der Waals surface area contributed by atoms with Crippen LogP contribution in [0.2, 0.25) is 0 Å². The summed E-state index contributed by atoms with van der Waals surface area (Å²) in [5.41, 5.74) is 0.359. The van der Waals surface area contributed by atoms with Crippen molar-refractivity contribution in [3.05, 3.63) is 78.9 Å². The zero-order chi connectivity index (χ0) is 28.2. The van der Waals surface area contributed by atoms with Gasteiger partial charge in [0.25, 0.3) is 15.9 Å². The van der Waals surface area contributed by atoms with E-state index in [9.17, 15) is 21.6 Å². The third kappa shape index (κ3) is 5.92. The van der Waals surface area contributed by atoms with E-state index in [1.54, 1.807) is 54.6 Å². The highest BCUT2D eigenvalue weighted by molar-refractivity contribution is 7.92. The van der Waals surface area contributed by atoms with Gasteiger partial charge in [-0.15, -0.1) is 0 Å². The molecule has 1 N–H and O–H groups in total. The molecule has 1 fully saturated rings. The molecule has 1 saturated heterocycles. The molecule has 3 aromatic rings. The molecule has 3 aromatic carbocycles. The summed E-state index contributed by atoms with van der Waals surface area (Å²) in [5.74, 6) is 0.244. The molecule has 0 bridgehead atoms. The monoisotopic (exact) mass is 587 g/mol. The molecule has 0 aromatic heterocycles. The Kier molecular flexibility index (Phi) is 8.26. The van der Waals surface area contributed by atoms with Gasteiger partial charge in [0.2, 0.25) is 10.0 Å². The molecular formula is C27H29N3O8S2. The Morgan fingerprint density at radius 2 is 1.50 bits per heavy atom. The average molecular weight is 588 g/mol. The van der Waals surface area contributed by atoms with E-state index < -0.39 is 32.1 Å². The summed E-state index contributed by atoms with van der Waals surface area (Å²) in [7, 11) is -7.53. The number of anilines is 1. The molecule has 5 rings (SSSR count). The molecule has 2 heterocycles. The van der Waals surface area contributed by atoms with E-state index in [4.69, 9.17) is 14.2 Å². The smallest absolute Gasteiger partial charge is 0.264 e. The van der Waals surface area contributed by atoms with E-state index >= 15 is 0 Å². The van der Waals surface area contributed by atoms with Crippen LogP contribution in [0.5, 0.6) is 11.5 Å². The number of sulfonamides is 2. The van der Waals surface area contributed by atoms with Crippen molar-refractivity contribution in [3.8, 4) is 11.5 Å². The number of para-hydroxylation sites is 2.